The third-order valence-electron chi connectivity index (χ3n) is 5.05. The number of rotatable bonds is 4. The van der Waals surface area contributed by atoms with Gasteiger partial charge in [0.25, 0.3) is 5.56 Å². The maximum Gasteiger partial charge on any atom is 0.332 e. The van der Waals surface area contributed by atoms with E-state index >= 15 is 0 Å². The fourth-order valence-corrected chi connectivity index (χ4v) is 3.60. The van der Waals surface area contributed by atoms with Gasteiger partial charge >= 0.3 is 11.7 Å². The summed E-state index contributed by atoms with van der Waals surface area (Å²) in [6.07, 6.45) is 1.76. The van der Waals surface area contributed by atoms with Gasteiger partial charge in [0.05, 0.1) is 13.5 Å². The monoisotopic (exact) mass is 395 g/mol. The molecule has 0 saturated heterocycles. The maximum absolute atomic E-state index is 13.1. The molecule has 0 amide bonds. The van der Waals surface area contributed by atoms with Crippen molar-refractivity contribution in [1.82, 2.24) is 23.1 Å². The SMILES string of the molecule is COC(=O)CCn1c(=O)c2c(nc3n(-c4cccc(C)c4)c(C)cn23)n(C)c1=O. The standard InChI is InChI=1S/C20H21N5O4/c1-12-6-5-7-14(10-12)25-13(2)11-24-16-17(21-19(24)25)22(3)20(28)23(18(16)27)9-8-15(26)29-4/h5-7,10-11H,8-9H2,1-4H3. The number of methoxy groups -OCH3 is 1. The van der Waals surface area contributed by atoms with Crippen molar-refractivity contribution in [3.05, 3.63) is 62.6 Å². The van der Waals surface area contributed by atoms with Crippen LogP contribution in [0.5, 0.6) is 0 Å². The number of hydrogen-bond acceptors (Lipinski definition) is 5. The second-order valence-corrected chi connectivity index (χ2v) is 7.02. The van der Waals surface area contributed by atoms with E-state index in [9.17, 15) is 14.4 Å². The van der Waals surface area contributed by atoms with Crippen LogP contribution in [0, 0.1) is 13.8 Å². The number of carbonyl (C=O) groups excluding carboxylic acids is 1. The fraction of sp³-hybridized carbons (Fsp3) is 0.300. The number of hydrogen-bond donors (Lipinski definition) is 0. The van der Waals surface area contributed by atoms with Crippen molar-refractivity contribution >= 4 is 22.9 Å². The van der Waals surface area contributed by atoms with Gasteiger partial charge in [-0.05, 0) is 31.5 Å². The Bertz CT molecular complexity index is 1390. The Morgan fingerprint density at radius 1 is 1.21 bits per heavy atom. The molecule has 0 aliphatic rings. The molecule has 4 aromatic rings. The van der Waals surface area contributed by atoms with E-state index in [1.165, 1.54) is 11.7 Å². The molecule has 0 aliphatic heterocycles. The van der Waals surface area contributed by atoms with Crippen molar-refractivity contribution in [3.8, 4) is 5.69 Å². The van der Waals surface area contributed by atoms with Crippen LogP contribution in [0.1, 0.15) is 17.7 Å². The zero-order valence-corrected chi connectivity index (χ0v) is 16.7. The molecular weight excluding hydrogens is 374 g/mol. The highest BCUT2D eigenvalue weighted by Gasteiger charge is 2.21. The van der Waals surface area contributed by atoms with Gasteiger partial charge in [0, 0.05) is 31.2 Å². The number of nitrogens with zero attached hydrogens (tertiary/aromatic N) is 5. The summed E-state index contributed by atoms with van der Waals surface area (Å²) in [5.41, 5.74) is 2.50. The van der Waals surface area contributed by atoms with Crippen LogP contribution in [-0.4, -0.2) is 36.2 Å². The molecule has 150 valence electrons. The zero-order valence-electron chi connectivity index (χ0n) is 16.7. The van der Waals surface area contributed by atoms with Crippen molar-refractivity contribution in [2.75, 3.05) is 7.11 Å². The van der Waals surface area contributed by atoms with E-state index in [0.717, 1.165) is 21.5 Å². The Balaban J connectivity index is 2.01. The van der Waals surface area contributed by atoms with Gasteiger partial charge in [-0.15, -0.1) is 0 Å². The summed E-state index contributed by atoms with van der Waals surface area (Å²) in [4.78, 5) is 41.9. The number of aryl methyl sites for hydroxylation is 3. The molecule has 0 aliphatic carbocycles. The van der Waals surface area contributed by atoms with Crippen LogP contribution >= 0.6 is 0 Å². The number of ether oxygens (including phenoxy) is 1. The van der Waals surface area contributed by atoms with E-state index in [-0.39, 0.29) is 13.0 Å². The van der Waals surface area contributed by atoms with Gasteiger partial charge in [0.15, 0.2) is 11.2 Å². The normalized spacial score (nSPS) is 11.4. The first-order valence-electron chi connectivity index (χ1n) is 9.17. The van der Waals surface area contributed by atoms with E-state index < -0.39 is 17.2 Å². The lowest BCUT2D eigenvalue weighted by molar-refractivity contribution is -0.140. The van der Waals surface area contributed by atoms with E-state index in [0.29, 0.717) is 16.9 Å². The topological polar surface area (TPSA) is 92.5 Å². The summed E-state index contributed by atoms with van der Waals surface area (Å²) in [5, 5.41) is 0. The van der Waals surface area contributed by atoms with Gasteiger partial charge < -0.3 is 4.74 Å². The van der Waals surface area contributed by atoms with Crippen LogP contribution in [-0.2, 0) is 23.1 Å². The molecule has 29 heavy (non-hydrogen) atoms. The Morgan fingerprint density at radius 2 is 1.97 bits per heavy atom. The minimum atomic E-state index is -0.522. The number of carbonyl (C=O) groups is 1. The molecule has 0 fully saturated rings. The predicted molar refractivity (Wildman–Crippen MR) is 108 cm³/mol. The van der Waals surface area contributed by atoms with Gasteiger partial charge in [-0.25, -0.2) is 4.79 Å². The summed E-state index contributed by atoms with van der Waals surface area (Å²) in [6.45, 7) is 3.88. The Kier molecular flexibility index (Phi) is 4.37. The van der Waals surface area contributed by atoms with Crippen LogP contribution in [0.3, 0.4) is 0 Å². The summed E-state index contributed by atoms with van der Waals surface area (Å²) in [5.74, 6) is 0.0554. The Morgan fingerprint density at radius 3 is 2.66 bits per heavy atom. The Hall–Kier alpha value is -3.62. The number of benzene rings is 1. The fourth-order valence-electron chi connectivity index (χ4n) is 3.60. The average molecular weight is 395 g/mol. The smallest absolute Gasteiger partial charge is 0.332 e. The van der Waals surface area contributed by atoms with Crippen molar-refractivity contribution in [2.45, 2.75) is 26.8 Å². The minimum absolute atomic E-state index is 0.0566. The number of fused-ring (bicyclic) bond motifs is 3. The second kappa shape index (κ2) is 6.77. The molecule has 0 unspecified atom stereocenters. The predicted octanol–water partition coefficient (Wildman–Crippen LogP) is 1.32. The van der Waals surface area contributed by atoms with Crippen molar-refractivity contribution in [1.29, 1.82) is 0 Å². The quantitative estimate of drug-likeness (QED) is 0.486. The first-order chi connectivity index (χ1) is 13.8. The molecule has 9 heteroatoms. The molecule has 3 heterocycles. The third-order valence-corrected chi connectivity index (χ3v) is 5.05. The summed E-state index contributed by atoms with van der Waals surface area (Å²) >= 11 is 0. The van der Waals surface area contributed by atoms with Crippen LogP contribution in [0.4, 0.5) is 0 Å². The largest absolute Gasteiger partial charge is 0.469 e. The molecule has 1 aromatic carbocycles. The van der Waals surface area contributed by atoms with Crippen LogP contribution in [0.2, 0.25) is 0 Å². The summed E-state index contributed by atoms with van der Waals surface area (Å²) in [7, 11) is 2.83. The number of imidazole rings is 2. The third kappa shape index (κ3) is 2.86. The van der Waals surface area contributed by atoms with E-state index in [1.54, 1.807) is 11.4 Å². The molecule has 3 aromatic heterocycles. The van der Waals surface area contributed by atoms with Crippen LogP contribution in [0.15, 0.2) is 40.1 Å². The lowest BCUT2D eigenvalue weighted by atomic mass is 10.2. The number of aromatic nitrogens is 5. The van der Waals surface area contributed by atoms with Crippen molar-refractivity contribution in [2.24, 2.45) is 7.05 Å². The van der Waals surface area contributed by atoms with Gasteiger partial charge in [0.2, 0.25) is 5.78 Å². The maximum atomic E-state index is 13.1. The highest BCUT2D eigenvalue weighted by molar-refractivity contribution is 5.76. The highest BCUT2D eigenvalue weighted by atomic mass is 16.5. The van der Waals surface area contributed by atoms with Crippen LogP contribution < -0.4 is 11.2 Å². The molecule has 0 radical (unpaired) electrons. The van der Waals surface area contributed by atoms with E-state index in [4.69, 9.17) is 0 Å². The molecular formula is C20H21N5O4. The summed E-state index contributed by atoms with van der Waals surface area (Å²) < 4.78 is 10.6. The van der Waals surface area contributed by atoms with Crippen molar-refractivity contribution < 1.29 is 9.53 Å². The second-order valence-electron chi connectivity index (χ2n) is 7.02. The van der Waals surface area contributed by atoms with Crippen LogP contribution in [0.25, 0.3) is 22.6 Å². The van der Waals surface area contributed by atoms with Gasteiger partial charge in [0.1, 0.15) is 0 Å². The molecule has 0 atom stereocenters. The lowest BCUT2D eigenvalue weighted by Crippen LogP contribution is -2.39. The van der Waals surface area contributed by atoms with E-state index in [2.05, 4.69) is 9.72 Å². The van der Waals surface area contributed by atoms with Gasteiger partial charge in [-0.1, -0.05) is 12.1 Å². The first-order valence-corrected chi connectivity index (χ1v) is 9.17. The first kappa shape index (κ1) is 18.7. The molecule has 4 rings (SSSR count). The van der Waals surface area contributed by atoms with Gasteiger partial charge in [-0.2, -0.15) is 4.98 Å². The van der Waals surface area contributed by atoms with E-state index in [1.807, 2.05) is 48.9 Å². The summed E-state index contributed by atoms with van der Waals surface area (Å²) in [6, 6.07) is 7.96. The average Bonchev–Trinajstić information content (AvgIpc) is 3.20. The molecule has 0 saturated carbocycles. The zero-order chi connectivity index (χ0) is 20.9. The lowest BCUT2D eigenvalue weighted by Gasteiger charge is -2.07. The van der Waals surface area contributed by atoms with Gasteiger partial charge in [-0.3, -0.25) is 27.7 Å². The Labute approximate surface area is 165 Å². The molecule has 0 N–H and O–H groups in total. The molecule has 0 spiro atoms. The highest BCUT2D eigenvalue weighted by Crippen LogP contribution is 2.21. The van der Waals surface area contributed by atoms with Crippen molar-refractivity contribution in [3.63, 3.8) is 0 Å². The number of esters is 1. The molecule has 0 bridgehead atoms. The molecule has 9 nitrogen and oxygen atoms in total. The minimum Gasteiger partial charge on any atom is -0.469 e.